The van der Waals surface area contributed by atoms with E-state index in [2.05, 4.69) is 4.98 Å². The molecule has 0 fully saturated rings. The minimum Gasteiger partial charge on any atom is -0.477 e. The van der Waals surface area contributed by atoms with Crippen molar-refractivity contribution in [1.29, 1.82) is 0 Å². The number of aryl methyl sites for hydroxylation is 1. The van der Waals surface area contributed by atoms with E-state index in [1.54, 1.807) is 34.7 Å². The van der Waals surface area contributed by atoms with Gasteiger partial charge in [0.25, 0.3) is 5.91 Å². The van der Waals surface area contributed by atoms with E-state index in [1.807, 2.05) is 0 Å². The fraction of sp³-hybridized carbons (Fsp3) is 0.538. The van der Waals surface area contributed by atoms with Gasteiger partial charge in [0, 0.05) is 19.3 Å². The molecule has 19 heavy (non-hydrogen) atoms. The SMILES string of the molecule is Cc1[nH]c(C(=O)O)c(C)c1C(=O)N(C)CC(C)(C)O. The molecule has 3 N–H and O–H groups in total. The summed E-state index contributed by atoms with van der Waals surface area (Å²) >= 11 is 0. The number of carbonyl (C=O) groups excluding carboxylic acids is 1. The van der Waals surface area contributed by atoms with Gasteiger partial charge in [0.2, 0.25) is 0 Å². The van der Waals surface area contributed by atoms with Crippen LogP contribution >= 0.6 is 0 Å². The first-order valence-electron chi connectivity index (χ1n) is 5.95. The first kappa shape index (κ1) is 15.2. The molecule has 1 amide bonds. The van der Waals surface area contributed by atoms with Crippen LogP contribution in [-0.2, 0) is 0 Å². The molecule has 6 nitrogen and oxygen atoms in total. The van der Waals surface area contributed by atoms with Gasteiger partial charge in [-0.25, -0.2) is 4.79 Å². The van der Waals surface area contributed by atoms with E-state index < -0.39 is 11.6 Å². The lowest BCUT2D eigenvalue weighted by atomic mass is 10.1. The summed E-state index contributed by atoms with van der Waals surface area (Å²) in [5, 5.41) is 18.7. The number of aromatic nitrogens is 1. The minimum absolute atomic E-state index is 0.0255. The number of amides is 1. The maximum absolute atomic E-state index is 12.3. The number of hydrogen-bond acceptors (Lipinski definition) is 3. The quantitative estimate of drug-likeness (QED) is 0.764. The highest BCUT2D eigenvalue weighted by molar-refractivity contribution is 6.00. The number of likely N-dealkylation sites (N-methyl/N-ethyl adjacent to an activating group) is 1. The Morgan fingerprint density at radius 1 is 1.32 bits per heavy atom. The van der Waals surface area contributed by atoms with Crippen LogP contribution in [0.5, 0.6) is 0 Å². The van der Waals surface area contributed by atoms with Gasteiger partial charge >= 0.3 is 5.97 Å². The zero-order valence-corrected chi connectivity index (χ0v) is 11.9. The summed E-state index contributed by atoms with van der Waals surface area (Å²) in [6.45, 7) is 6.63. The lowest BCUT2D eigenvalue weighted by Gasteiger charge is -2.25. The van der Waals surface area contributed by atoms with Gasteiger partial charge in [-0.1, -0.05) is 0 Å². The number of nitrogens with zero attached hydrogens (tertiary/aromatic N) is 1. The number of aromatic amines is 1. The molecule has 106 valence electrons. The Morgan fingerprint density at radius 3 is 2.21 bits per heavy atom. The normalized spacial score (nSPS) is 11.5. The predicted octanol–water partition coefficient (Wildman–Crippen LogP) is 1.17. The van der Waals surface area contributed by atoms with Crippen molar-refractivity contribution in [3.05, 3.63) is 22.5 Å². The summed E-state index contributed by atoms with van der Waals surface area (Å²) in [4.78, 5) is 27.4. The summed E-state index contributed by atoms with van der Waals surface area (Å²) in [7, 11) is 1.58. The van der Waals surface area contributed by atoms with Crippen molar-refractivity contribution < 1.29 is 19.8 Å². The molecule has 0 unspecified atom stereocenters. The molecule has 0 aliphatic heterocycles. The largest absolute Gasteiger partial charge is 0.477 e. The number of aliphatic hydroxyl groups is 1. The molecule has 0 saturated carbocycles. The van der Waals surface area contributed by atoms with Crippen molar-refractivity contribution in [2.24, 2.45) is 0 Å². The summed E-state index contributed by atoms with van der Waals surface area (Å²) in [5.41, 5.74) is 0.305. The Bertz CT molecular complexity index is 511. The average molecular weight is 268 g/mol. The molecular formula is C13H20N2O4. The molecule has 0 saturated heterocycles. The van der Waals surface area contributed by atoms with E-state index in [1.165, 1.54) is 4.90 Å². The van der Waals surface area contributed by atoms with Gasteiger partial charge in [0.1, 0.15) is 5.69 Å². The Labute approximate surface area is 112 Å². The molecule has 1 aromatic rings. The van der Waals surface area contributed by atoms with Gasteiger partial charge in [-0.15, -0.1) is 0 Å². The molecule has 0 aliphatic carbocycles. The summed E-state index contributed by atoms with van der Waals surface area (Å²) in [5.74, 6) is -1.40. The van der Waals surface area contributed by atoms with Crippen molar-refractivity contribution in [2.75, 3.05) is 13.6 Å². The highest BCUT2D eigenvalue weighted by Crippen LogP contribution is 2.20. The Kier molecular flexibility index (Phi) is 4.05. The molecular weight excluding hydrogens is 248 g/mol. The zero-order valence-electron chi connectivity index (χ0n) is 11.9. The van der Waals surface area contributed by atoms with Crippen LogP contribution in [0.3, 0.4) is 0 Å². The van der Waals surface area contributed by atoms with Crippen LogP contribution in [0.25, 0.3) is 0 Å². The number of rotatable bonds is 4. The topological polar surface area (TPSA) is 93.6 Å². The first-order chi connectivity index (χ1) is 8.54. The second-order valence-electron chi connectivity index (χ2n) is 5.40. The predicted molar refractivity (Wildman–Crippen MR) is 70.5 cm³/mol. The van der Waals surface area contributed by atoms with E-state index in [0.29, 0.717) is 16.8 Å². The van der Waals surface area contributed by atoms with Crippen LogP contribution in [0.4, 0.5) is 0 Å². The highest BCUT2D eigenvalue weighted by atomic mass is 16.4. The number of carbonyl (C=O) groups is 2. The molecule has 0 radical (unpaired) electrons. The monoisotopic (exact) mass is 268 g/mol. The van der Waals surface area contributed by atoms with Crippen molar-refractivity contribution in [3.8, 4) is 0 Å². The van der Waals surface area contributed by atoms with Crippen LogP contribution in [-0.4, -0.2) is 51.2 Å². The first-order valence-corrected chi connectivity index (χ1v) is 5.95. The number of aromatic carboxylic acids is 1. The fourth-order valence-electron chi connectivity index (χ4n) is 2.13. The molecule has 6 heteroatoms. The second-order valence-corrected chi connectivity index (χ2v) is 5.40. The summed E-state index contributed by atoms with van der Waals surface area (Å²) in [6, 6.07) is 0. The van der Waals surface area contributed by atoms with E-state index in [9.17, 15) is 14.7 Å². The second kappa shape index (κ2) is 5.05. The lowest BCUT2D eigenvalue weighted by Crippen LogP contribution is -2.40. The smallest absolute Gasteiger partial charge is 0.352 e. The van der Waals surface area contributed by atoms with Crippen LogP contribution in [0.2, 0.25) is 0 Å². The molecule has 1 aromatic heterocycles. The van der Waals surface area contributed by atoms with Gasteiger partial charge in [-0.2, -0.15) is 0 Å². The molecule has 0 bridgehead atoms. The average Bonchev–Trinajstić information content (AvgIpc) is 2.51. The van der Waals surface area contributed by atoms with Crippen LogP contribution in [0.1, 0.15) is 46.0 Å². The fourth-order valence-corrected chi connectivity index (χ4v) is 2.13. The van der Waals surface area contributed by atoms with E-state index in [-0.39, 0.29) is 18.1 Å². The molecule has 1 rings (SSSR count). The van der Waals surface area contributed by atoms with Gasteiger partial charge in [0.05, 0.1) is 11.2 Å². The molecule has 1 heterocycles. The Balaban J connectivity index is 3.10. The maximum atomic E-state index is 12.3. The van der Waals surface area contributed by atoms with Crippen molar-refractivity contribution in [2.45, 2.75) is 33.3 Å². The molecule has 0 spiro atoms. The Morgan fingerprint density at radius 2 is 1.84 bits per heavy atom. The third-order valence-electron chi connectivity index (χ3n) is 2.84. The van der Waals surface area contributed by atoms with Crippen molar-refractivity contribution in [3.63, 3.8) is 0 Å². The van der Waals surface area contributed by atoms with Crippen LogP contribution < -0.4 is 0 Å². The minimum atomic E-state index is -1.09. The standard InChI is InChI=1S/C13H20N2O4/c1-7-9(8(2)14-10(7)12(17)18)11(16)15(5)6-13(3,4)19/h14,19H,6H2,1-5H3,(H,17,18). The number of nitrogens with one attached hydrogen (secondary N) is 1. The molecule has 0 aliphatic rings. The van der Waals surface area contributed by atoms with Gasteiger partial charge < -0.3 is 20.1 Å². The van der Waals surface area contributed by atoms with Crippen molar-refractivity contribution >= 4 is 11.9 Å². The van der Waals surface area contributed by atoms with Crippen LogP contribution in [0.15, 0.2) is 0 Å². The number of carboxylic acid groups (broad SMARTS) is 1. The van der Waals surface area contributed by atoms with Crippen molar-refractivity contribution in [1.82, 2.24) is 9.88 Å². The third kappa shape index (κ3) is 3.35. The summed E-state index contributed by atoms with van der Waals surface area (Å²) in [6.07, 6.45) is 0. The number of carboxylic acids is 1. The molecule has 0 atom stereocenters. The number of H-pyrrole nitrogens is 1. The van der Waals surface area contributed by atoms with E-state index in [0.717, 1.165) is 0 Å². The molecule has 0 aromatic carbocycles. The highest BCUT2D eigenvalue weighted by Gasteiger charge is 2.26. The lowest BCUT2D eigenvalue weighted by molar-refractivity contribution is 0.0367. The van der Waals surface area contributed by atoms with Gasteiger partial charge in [-0.3, -0.25) is 4.79 Å². The van der Waals surface area contributed by atoms with Gasteiger partial charge in [0.15, 0.2) is 0 Å². The maximum Gasteiger partial charge on any atom is 0.352 e. The zero-order chi connectivity index (χ0) is 15.0. The van der Waals surface area contributed by atoms with Crippen LogP contribution in [0, 0.1) is 13.8 Å². The van der Waals surface area contributed by atoms with E-state index >= 15 is 0 Å². The van der Waals surface area contributed by atoms with E-state index in [4.69, 9.17) is 5.11 Å². The summed E-state index contributed by atoms with van der Waals surface area (Å²) < 4.78 is 0. The third-order valence-corrected chi connectivity index (χ3v) is 2.84. The Hall–Kier alpha value is -1.82. The number of hydrogen-bond donors (Lipinski definition) is 3. The van der Waals surface area contributed by atoms with Gasteiger partial charge in [-0.05, 0) is 33.3 Å².